The Bertz CT molecular complexity index is 1360. The molecule has 12 nitrogen and oxygen atoms in total. The summed E-state index contributed by atoms with van der Waals surface area (Å²) in [7, 11) is -4.89. The summed E-state index contributed by atoms with van der Waals surface area (Å²) in [4.78, 5) is 46.8. The molecule has 1 unspecified atom stereocenters. The van der Waals surface area contributed by atoms with E-state index in [1.165, 1.54) is 12.1 Å². The van der Waals surface area contributed by atoms with Crippen molar-refractivity contribution in [1.29, 1.82) is 0 Å². The zero-order valence-corrected chi connectivity index (χ0v) is 21.6. The second kappa shape index (κ2) is 13.5. The van der Waals surface area contributed by atoms with Gasteiger partial charge in [-0.1, -0.05) is 36.4 Å². The minimum absolute atomic E-state index is 0.105. The van der Waals surface area contributed by atoms with Crippen LogP contribution in [0.25, 0.3) is 10.8 Å². The van der Waals surface area contributed by atoms with Crippen LogP contribution in [0.1, 0.15) is 18.9 Å². The highest BCUT2D eigenvalue weighted by Gasteiger charge is 2.28. The minimum Gasteiger partial charge on any atom is -0.447 e. The number of hydrazine groups is 1. The van der Waals surface area contributed by atoms with Gasteiger partial charge in [0.25, 0.3) is 0 Å². The molecule has 1 heterocycles. The summed E-state index contributed by atoms with van der Waals surface area (Å²) in [5, 5.41) is 15.3. The summed E-state index contributed by atoms with van der Waals surface area (Å²) in [5.74, 6) is -2.67. The van der Waals surface area contributed by atoms with E-state index in [1.807, 2.05) is 24.3 Å². The number of nitrogens with one attached hydrogen (secondary N) is 2. The number of aliphatic hydroxyl groups is 1. The van der Waals surface area contributed by atoms with Crippen LogP contribution in [0.4, 0.5) is 19.4 Å². The Labute approximate surface area is 221 Å². The largest absolute Gasteiger partial charge is 0.469 e. The highest BCUT2D eigenvalue weighted by atomic mass is 31.2. The molecule has 0 saturated carbocycles. The Balaban J connectivity index is 1.71. The molecule has 0 aliphatic carbocycles. The Kier molecular flexibility index (Phi) is 10.4. The van der Waals surface area contributed by atoms with Gasteiger partial charge in [-0.25, -0.2) is 28.6 Å². The van der Waals surface area contributed by atoms with Gasteiger partial charge in [0.05, 0.1) is 18.8 Å². The van der Waals surface area contributed by atoms with Crippen molar-refractivity contribution in [3.05, 3.63) is 71.9 Å². The number of benzene rings is 2. The molecule has 3 aromatic rings. The molecule has 2 atom stereocenters. The number of rotatable bonds is 12. The highest BCUT2D eigenvalue weighted by Crippen LogP contribution is 2.36. The number of aliphatic hydroxyl groups excluding tert-OH is 1. The van der Waals surface area contributed by atoms with Crippen molar-refractivity contribution in [3.8, 4) is 0 Å². The molecule has 15 heteroatoms. The fraction of sp³-hybridized carbons (Fsp3) is 0.292. The number of halogens is 2. The molecular weight excluding hydrogens is 541 g/mol. The van der Waals surface area contributed by atoms with Gasteiger partial charge in [0.2, 0.25) is 5.91 Å². The second-order valence-corrected chi connectivity index (χ2v) is 9.65. The summed E-state index contributed by atoms with van der Waals surface area (Å²) < 4.78 is 48.2. The van der Waals surface area contributed by atoms with Crippen LogP contribution in [0.2, 0.25) is 0 Å². The number of phosphoric ester groups is 1. The van der Waals surface area contributed by atoms with Crippen molar-refractivity contribution in [2.45, 2.75) is 32.0 Å². The number of carbonyl (C=O) groups is 2. The third-order valence-corrected chi connectivity index (χ3v) is 5.91. The first-order chi connectivity index (χ1) is 18.4. The van der Waals surface area contributed by atoms with Crippen molar-refractivity contribution in [3.63, 3.8) is 0 Å². The van der Waals surface area contributed by atoms with Gasteiger partial charge in [-0.3, -0.25) is 19.6 Å². The van der Waals surface area contributed by atoms with Gasteiger partial charge in [0.15, 0.2) is 11.6 Å². The molecular formula is C24H27F2N4O8P. The fourth-order valence-electron chi connectivity index (χ4n) is 3.63. The molecule has 39 heavy (non-hydrogen) atoms. The minimum atomic E-state index is -4.89. The number of fused-ring (bicyclic) bond motifs is 1. The Hall–Kier alpha value is -3.52. The molecule has 2 amide bonds. The van der Waals surface area contributed by atoms with E-state index in [1.54, 1.807) is 12.3 Å². The molecule has 0 saturated heterocycles. The van der Waals surface area contributed by atoms with Crippen LogP contribution in [-0.2, 0) is 25.2 Å². The third kappa shape index (κ3) is 9.32. The van der Waals surface area contributed by atoms with E-state index in [4.69, 9.17) is 14.5 Å². The Morgan fingerprint density at radius 3 is 2.51 bits per heavy atom. The predicted octanol–water partition coefficient (Wildman–Crippen LogP) is 2.84. The normalized spacial score (nSPS) is 13.1. The molecule has 2 aromatic carbocycles. The lowest BCUT2D eigenvalue weighted by atomic mass is 10.1. The van der Waals surface area contributed by atoms with E-state index < -0.39 is 56.8 Å². The Morgan fingerprint density at radius 1 is 1.10 bits per heavy atom. The highest BCUT2D eigenvalue weighted by molar-refractivity contribution is 7.46. The lowest BCUT2D eigenvalue weighted by Crippen LogP contribution is -2.52. The number of phosphoric acid groups is 1. The van der Waals surface area contributed by atoms with Crippen LogP contribution in [-0.4, -0.2) is 62.2 Å². The van der Waals surface area contributed by atoms with Crippen molar-refractivity contribution in [2.75, 3.05) is 18.5 Å². The molecule has 0 aliphatic rings. The van der Waals surface area contributed by atoms with E-state index in [2.05, 4.69) is 20.3 Å². The molecule has 1 aromatic heterocycles. The first-order valence-corrected chi connectivity index (χ1v) is 13.1. The fourth-order valence-corrected chi connectivity index (χ4v) is 4.00. The summed E-state index contributed by atoms with van der Waals surface area (Å²) in [6, 6.07) is 11.3. The first-order valence-electron chi connectivity index (χ1n) is 11.6. The van der Waals surface area contributed by atoms with E-state index in [-0.39, 0.29) is 24.3 Å². The van der Waals surface area contributed by atoms with E-state index in [9.17, 15) is 28.0 Å². The van der Waals surface area contributed by atoms with Crippen molar-refractivity contribution in [1.82, 2.24) is 15.4 Å². The number of carbonyl (C=O) groups excluding carboxylic acids is 2. The third-order valence-electron chi connectivity index (χ3n) is 5.42. The number of hydrogen-bond donors (Lipinski definition) is 5. The van der Waals surface area contributed by atoms with Gasteiger partial charge in [-0.2, -0.15) is 0 Å². The predicted molar refractivity (Wildman–Crippen MR) is 135 cm³/mol. The quantitative estimate of drug-likeness (QED) is 0.162. The van der Waals surface area contributed by atoms with Crippen LogP contribution in [0.15, 0.2) is 54.7 Å². The summed E-state index contributed by atoms with van der Waals surface area (Å²) in [6.45, 7) is -0.510. The molecule has 0 spiro atoms. The number of ether oxygens (including phenoxy) is 1. The van der Waals surface area contributed by atoms with Crippen LogP contribution >= 0.6 is 7.82 Å². The lowest BCUT2D eigenvalue weighted by Gasteiger charge is -2.32. The smallest absolute Gasteiger partial charge is 0.447 e. The maximum atomic E-state index is 14.1. The average Bonchev–Trinajstić information content (AvgIpc) is 2.87. The van der Waals surface area contributed by atoms with E-state index >= 15 is 0 Å². The van der Waals surface area contributed by atoms with Crippen molar-refractivity contribution in [2.24, 2.45) is 0 Å². The average molecular weight is 568 g/mol. The van der Waals surface area contributed by atoms with Gasteiger partial charge in [0.1, 0.15) is 12.4 Å². The summed E-state index contributed by atoms with van der Waals surface area (Å²) >= 11 is 0. The molecule has 0 aliphatic heterocycles. The molecule has 3 rings (SSSR count). The number of pyridine rings is 1. The molecule has 0 bridgehead atoms. The zero-order chi connectivity index (χ0) is 28.6. The van der Waals surface area contributed by atoms with Gasteiger partial charge in [0, 0.05) is 37.0 Å². The van der Waals surface area contributed by atoms with Crippen LogP contribution in [0.5, 0.6) is 0 Å². The Morgan fingerprint density at radius 2 is 1.82 bits per heavy atom. The van der Waals surface area contributed by atoms with Crippen LogP contribution < -0.4 is 10.7 Å². The molecule has 0 radical (unpaired) electrons. The monoisotopic (exact) mass is 568 g/mol. The zero-order valence-electron chi connectivity index (χ0n) is 20.7. The number of hydrogen-bond acceptors (Lipinski definition) is 8. The van der Waals surface area contributed by atoms with Gasteiger partial charge in [-0.05, 0) is 17.5 Å². The molecule has 5 N–H and O–H groups in total. The van der Waals surface area contributed by atoms with E-state index in [0.717, 1.165) is 28.8 Å². The van der Waals surface area contributed by atoms with Crippen LogP contribution in [0.3, 0.4) is 0 Å². The maximum Gasteiger partial charge on any atom is 0.469 e. The number of aromatic nitrogens is 1. The lowest BCUT2D eigenvalue weighted by molar-refractivity contribution is -0.137. The second-order valence-electron chi connectivity index (χ2n) is 8.41. The van der Waals surface area contributed by atoms with Crippen molar-refractivity contribution < 1.29 is 47.1 Å². The number of anilines is 1. The van der Waals surface area contributed by atoms with Gasteiger partial charge < -0.3 is 19.6 Å². The SMILES string of the molecule is CC(=O)N(NCc1cccc(F)c1F)[C@H](COC(=O)Nc1cc2ccccc2cn1)CC(O)COP(=O)(O)O. The van der Waals surface area contributed by atoms with Gasteiger partial charge >= 0.3 is 13.9 Å². The summed E-state index contributed by atoms with van der Waals surface area (Å²) in [5.41, 5.74) is 2.52. The standard InChI is InChI=1S/C24H27F2N4O8P/c1-15(31)30(28-12-18-7-4-8-21(25)23(18)26)19(10-20(32)14-38-39(34,35)36)13-37-24(33)29-22-9-16-5-2-3-6-17(16)11-27-22/h2-9,11,19-20,28,32H,10,12-14H2,1H3,(H,27,29,33)(H2,34,35,36)/t19-,20?/m0/s1. The first kappa shape index (κ1) is 30.0. The maximum absolute atomic E-state index is 14.1. The number of amides is 2. The topological polar surface area (TPSA) is 171 Å². The van der Waals surface area contributed by atoms with Crippen molar-refractivity contribution >= 4 is 36.4 Å². The summed E-state index contributed by atoms with van der Waals surface area (Å²) in [6.07, 6.45) is -1.27. The van der Waals surface area contributed by atoms with Crippen LogP contribution in [0, 0.1) is 11.6 Å². The molecule has 0 fully saturated rings. The van der Waals surface area contributed by atoms with Gasteiger partial charge in [-0.15, -0.1) is 0 Å². The number of nitrogens with zero attached hydrogens (tertiary/aromatic N) is 2. The molecule has 210 valence electrons. The van der Waals surface area contributed by atoms with E-state index in [0.29, 0.717) is 0 Å².